The lowest BCUT2D eigenvalue weighted by Gasteiger charge is -2.05. The molecule has 0 spiro atoms. The van der Waals surface area contributed by atoms with Crippen molar-refractivity contribution in [2.24, 2.45) is 5.73 Å². The second-order valence-electron chi connectivity index (χ2n) is 2.63. The van der Waals surface area contributed by atoms with Gasteiger partial charge in [0.1, 0.15) is 12.4 Å². The van der Waals surface area contributed by atoms with E-state index in [9.17, 15) is 14.5 Å². The van der Waals surface area contributed by atoms with Gasteiger partial charge in [-0.1, -0.05) is 11.6 Å². The normalized spacial score (nSPS) is 10.1. The van der Waals surface area contributed by atoms with Crippen LogP contribution in [0.1, 0.15) is 0 Å². The number of benzene rings is 1. The first-order valence-electron chi connectivity index (χ1n) is 4.02. The molecule has 1 rings (SSSR count). The monoisotopic (exact) mass is 234 g/mol. The number of nitro groups is 1. The third-order valence-corrected chi connectivity index (χ3v) is 1.86. The van der Waals surface area contributed by atoms with Gasteiger partial charge in [0, 0.05) is 18.7 Å². The second kappa shape index (κ2) is 4.90. The van der Waals surface area contributed by atoms with Gasteiger partial charge in [0.05, 0.1) is 9.95 Å². The first-order valence-corrected chi connectivity index (χ1v) is 4.40. The number of ether oxygens (including phenoxy) is 1. The highest BCUT2D eigenvalue weighted by molar-refractivity contribution is 6.31. The summed E-state index contributed by atoms with van der Waals surface area (Å²) in [6.45, 7) is 0.253. The SMILES string of the molecule is NCCOc1cc(F)c(Cl)cc1[N+](=O)[O-]. The third-order valence-electron chi connectivity index (χ3n) is 1.57. The molecule has 1 aromatic rings. The van der Waals surface area contributed by atoms with Gasteiger partial charge in [-0.05, 0) is 0 Å². The number of nitro benzene ring substituents is 1. The van der Waals surface area contributed by atoms with Crippen LogP contribution in [0.3, 0.4) is 0 Å². The molecule has 0 heterocycles. The van der Waals surface area contributed by atoms with Crippen LogP contribution in [0, 0.1) is 15.9 Å². The van der Waals surface area contributed by atoms with E-state index in [0.29, 0.717) is 0 Å². The summed E-state index contributed by atoms with van der Waals surface area (Å²) in [5, 5.41) is 10.2. The van der Waals surface area contributed by atoms with Crippen molar-refractivity contribution in [3.63, 3.8) is 0 Å². The van der Waals surface area contributed by atoms with E-state index >= 15 is 0 Å². The Hall–Kier alpha value is -1.40. The molecular weight excluding hydrogens is 227 g/mol. The Morgan fingerprint density at radius 3 is 2.80 bits per heavy atom. The largest absolute Gasteiger partial charge is 0.485 e. The standard InChI is InChI=1S/C8H8ClFN2O3/c9-5-3-7(12(13)14)8(4-6(5)10)15-2-1-11/h3-4H,1-2,11H2. The highest BCUT2D eigenvalue weighted by Gasteiger charge is 2.18. The van der Waals surface area contributed by atoms with Gasteiger partial charge in [0.2, 0.25) is 0 Å². The van der Waals surface area contributed by atoms with Crippen LogP contribution in [0.5, 0.6) is 5.75 Å². The molecule has 0 aliphatic heterocycles. The summed E-state index contributed by atoms with van der Waals surface area (Å²) < 4.78 is 17.9. The van der Waals surface area contributed by atoms with Crippen LogP contribution in [0.4, 0.5) is 10.1 Å². The topological polar surface area (TPSA) is 78.4 Å². The molecule has 0 fully saturated rings. The molecule has 82 valence electrons. The Morgan fingerprint density at radius 1 is 1.60 bits per heavy atom. The average Bonchev–Trinajstić information content (AvgIpc) is 2.19. The summed E-state index contributed by atoms with van der Waals surface area (Å²) in [5.74, 6) is -0.943. The number of nitrogens with zero attached hydrogens (tertiary/aromatic N) is 1. The molecule has 0 bridgehead atoms. The Bertz CT molecular complexity index is 386. The van der Waals surface area contributed by atoms with Crippen LogP contribution in [0.15, 0.2) is 12.1 Å². The predicted molar refractivity (Wildman–Crippen MR) is 52.6 cm³/mol. The summed E-state index contributed by atoms with van der Waals surface area (Å²) in [7, 11) is 0. The lowest BCUT2D eigenvalue weighted by Crippen LogP contribution is -2.11. The van der Waals surface area contributed by atoms with Crippen molar-refractivity contribution in [3.8, 4) is 5.75 Å². The zero-order chi connectivity index (χ0) is 11.4. The van der Waals surface area contributed by atoms with E-state index in [4.69, 9.17) is 22.1 Å². The van der Waals surface area contributed by atoms with Gasteiger partial charge in [0.15, 0.2) is 5.75 Å². The minimum atomic E-state index is -0.769. The van der Waals surface area contributed by atoms with Gasteiger partial charge in [-0.3, -0.25) is 10.1 Å². The molecule has 0 atom stereocenters. The summed E-state index contributed by atoms with van der Waals surface area (Å²) in [5.41, 5.74) is 4.78. The van der Waals surface area contributed by atoms with E-state index in [1.807, 2.05) is 0 Å². The van der Waals surface area contributed by atoms with Crippen LogP contribution in [-0.2, 0) is 0 Å². The Balaban J connectivity index is 3.10. The Labute approximate surface area is 89.7 Å². The quantitative estimate of drug-likeness (QED) is 0.636. The van der Waals surface area contributed by atoms with Crippen LogP contribution >= 0.6 is 11.6 Å². The molecule has 15 heavy (non-hydrogen) atoms. The number of nitrogens with two attached hydrogens (primary N) is 1. The van der Waals surface area contributed by atoms with Gasteiger partial charge in [-0.2, -0.15) is 0 Å². The van der Waals surface area contributed by atoms with Crippen molar-refractivity contribution in [1.82, 2.24) is 0 Å². The fraction of sp³-hybridized carbons (Fsp3) is 0.250. The van der Waals surface area contributed by atoms with E-state index in [2.05, 4.69) is 0 Å². The molecule has 0 unspecified atom stereocenters. The fourth-order valence-electron chi connectivity index (χ4n) is 0.945. The molecule has 0 aliphatic carbocycles. The molecule has 0 amide bonds. The van der Waals surface area contributed by atoms with Crippen molar-refractivity contribution < 1.29 is 14.1 Å². The zero-order valence-electron chi connectivity index (χ0n) is 7.57. The highest BCUT2D eigenvalue weighted by Crippen LogP contribution is 2.32. The molecule has 0 radical (unpaired) electrons. The number of hydrogen-bond acceptors (Lipinski definition) is 4. The second-order valence-corrected chi connectivity index (χ2v) is 3.04. The summed E-state index contributed by atoms with van der Waals surface area (Å²) in [6.07, 6.45) is 0. The minimum absolute atomic E-state index is 0.0713. The molecule has 0 saturated heterocycles. The van der Waals surface area contributed by atoms with Crippen molar-refractivity contribution in [2.75, 3.05) is 13.2 Å². The predicted octanol–water partition coefficient (Wildman–Crippen LogP) is 1.72. The first kappa shape index (κ1) is 11.7. The molecule has 1 aromatic carbocycles. The molecule has 0 saturated carbocycles. The maximum Gasteiger partial charge on any atom is 0.312 e. The molecule has 7 heteroatoms. The fourth-order valence-corrected chi connectivity index (χ4v) is 1.10. The maximum atomic E-state index is 13.0. The Morgan fingerprint density at radius 2 is 2.27 bits per heavy atom. The smallest absolute Gasteiger partial charge is 0.312 e. The van der Waals surface area contributed by atoms with Gasteiger partial charge >= 0.3 is 5.69 Å². The number of rotatable bonds is 4. The first-order chi connectivity index (χ1) is 7.06. The third kappa shape index (κ3) is 2.77. The average molecular weight is 235 g/mol. The summed E-state index contributed by atoms with van der Waals surface area (Å²) in [4.78, 5) is 9.86. The number of hydrogen-bond donors (Lipinski definition) is 1. The highest BCUT2D eigenvalue weighted by atomic mass is 35.5. The Kier molecular flexibility index (Phi) is 3.81. The van der Waals surface area contributed by atoms with Gasteiger partial charge in [0.25, 0.3) is 0 Å². The van der Waals surface area contributed by atoms with Crippen LogP contribution in [0.25, 0.3) is 0 Å². The molecule has 2 N–H and O–H groups in total. The minimum Gasteiger partial charge on any atom is -0.485 e. The van der Waals surface area contributed by atoms with E-state index in [1.54, 1.807) is 0 Å². The van der Waals surface area contributed by atoms with Crippen LogP contribution in [0.2, 0.25) is 5.02 Å². The summed E-state index contributed by atoms with van der Waals surface area (Å²) >= 11 is 5.40. The van der Waals surface area contributed by atoms with Gasteiger partial charge in [-0.25, -0.2) is 4.39 Å². The van der Waals surface area contributed by atoms with E-state index in [0.717, 1.165) is 12.1 Å². The van der Waals surface area contributed by atoms with Crippen molar-refractivity contribution in [1.29, 1.82) is 0 Å². The van der Waals surface area contributed by atoms with Gasteiger partial charge in [-0.15, -0.1) is 0 Å². The van der Waals surface area contributed by atoms with E-state index in [-0.39, 0.29) is 29.6 Å². The molecular formula is C8H8ClFN2O3. The van der Waals surface area contributed by atoms with Crippen molar-refractivity contribution in [3.05, 3.63) is 33.1 Å². The van der Waals surface area contributed by atoms with Crippen molar-refractivity contribution >= 4 is 17.3 Å². The van der Waals surface area contributed by atoms with Crippen LogP contribution < -0.4 is 10.5 Å². The molecule has 5 nitrogen and oxygen atoms in total. The van der Waals surface area contributed by atoms with E-state index < -0.39 is 10.7 Å². The molecule has 0 aromatic heterocycles. The van der Waals surface area contributed by atoms with Crippen molar-refractivity contribution in [2.45, 2.75) is 0 Å². The van der Waals surface area contributed by atoms with Crippen LogP contribution in [-0.4, -0.2) is 18.1 Å². The van der Waals surface area contributed by atoms with E-state index in [1.165, 1.54) is 0 Å². The van der Waals surface area contributed by atoms with Gasteiger partial charge < -0.3 is 10.5 Å². The number of halogens is 2. The lowest BCUT2D eigenvalue weighted by atomic mass is 10.3. The summed E-state index contributed by atoms with van der Waals surface area (Å²) in [6, 6.07) is 1.78. The lowest BCUT2D eigenvalue weighted by molar-refractivity contribution is -0.385. The zero-order valence-corrected chi connectivity index (χ0v) is 8.33. The molecule has 0 aliphatic rings. The maximum absolute atomic E-state index is 13.0.